The van der Waals surface area contributed by atoms with Gasteiger partial charge in [0.2, 0.25) is 0 Å². The van der Waals surface area contributed by atoms with Crippen molar-refractivity contribution in [2.45, 2.75) is 18.4 Å². The van der Waals surface area contributed by atoms with E-state index >= 15 is 0 Å². The van der Waals surface area contributed by atoms with Crippen LogP contribution in [0.1, 0.15) is 11.8 Å². The van der Waals surface area contributed by atoms with Crippen molar-refractivity contribution in [2.75, 3.05) is 11.3 Å². The summed E-state index contributed by atoms with van der Waals surface area (Å²) in [5.41, 5.74) is -0.165. The summed E-state index contributed by atoms with van der Waals surface area (Å²) in [6.45, 7) is 3.36. The molecule has 0 aliphatic carbocycles. The van der Waals surface area contributed by atoms with Gasteiger partial charge in [0.1, 0.15) is 5.82 Å². The van der Waals surface area contributed by atoms with E-state index in [1.54, 1.807) is 6.07 Å². The normalized spacial score (nSPS) is 11.6. The second-order valence-electron chi connectivity index (χ2n) is 4.26. The van der Waals surface area contributed by atoms with Crippen LogP contribution in [-0.2, 0) is 16.6 Å². The van der Waals surface area contributed by atoms with Crippen LogP contribution in [-0.4, -0.2) is 15.0 Å². The lowest BCUT2D eigenvalue weighted by atomic mass is 10.3. The van der Waals surface area contributed by atoms with Crippen LogP contribution < -0.4 is 10.0 Å². The molecule has 1 aromatic heterocycles. The van der Waals surface area contributed by atoms with Gasteiger partial charge in [0.25, 0.3) is 10.0 Å². The largest absolute Gasteiger partial charge is 0.312 e. The van der Waals surface area contributed by atoms with Crippen LogP contribution in [0.2, 0.25) is 5.02 Å². The molecule has 4 nitrogen and oxygen atoms in total. The monoisotopic (exact) mass is 348 g/mol. The fourth-order valence-electron chi connectivity index (χ4n) is 1.62. The van der Waals surface area contributed by atoms with Crippen LogP contribution in [0.25, 0.3) is 0 Å². The van der Waals surface area contributed by atoms with Crippen molar-refractivity contribution in [2.24, 2.45) is 0 Å². The van der Waals surface area contributed by atoms with Gasteiger partial charge in [-0.25, -0.2) is 12.8 Å². The van der Waals surface area contributed by atoms with Gasteiger partial charge in [0.05, 0.1) is 10.6 Å². The van der Waals surface area contributed by atoms with Gasteiger partial charge in [0.15, 0.2) is 0 Å². The smallest absolute Gasteiger partial charge is 0.262 e. The first-order valence-electron chi connectivity index (χ1n) is 6.18. The first kappa shape index (κ1) is 16.2. The number of halogens is 2. The van der Waals surface area contributed by atoms with Gasteiger partial charge in [0, 0.05) is 21.8 Å². The Kier molecular flexibility index (Phi) is 5.21. The summed E-state index contributed by atoms with van der Waals surface area (Å²) in [7, 11) is -3.82. The standard InChI is InChI=1S/C13H14ClFN2O2S2/c1-2-16-7-10-6-11(8-20-10)21(18,19)17-13-5-9(14)3-4-12(13)15/h3-6,8,16-17H,2,7H2,1H3. The predicted molar refractivity (Wildman–Crippen MR) is 83.9 cm³/mol. The van der Waals surface area contributed by atoms with Crippen molar-refractivity contribution in [3.63, 3.8) is 0 Å². The lowest BCUT2D eigenvalue weighted by molar-refractivity contribution is 0.598. The molecule has 0 bridgehead atoms. The molecule has 0 aliphatic rings. The van der Waals surface area contributed by atoms with Crippen LogP contribution >= 0.6 is 22.9 Å². The fraction of sp³-hybridized carbons (Fsp3) is 0.231. The molecule has 0 atom stereocenters. The highest BCUT2D eigenvalue weighted by Crippen LogP contribution is 2.25. The lowest BCUT2D eigenvalue weighted by Gasteiger charge is -2.07. The molecule has 0 amide bonds. The van der Waals surface area contributed by atoms with Crippen molar-refractivity contribution >= 4 is 38.6 Å². The molecule has 0 radical (unpaired) electrons. The van der Waals surface area contributed by atoms with E-state index in [0.29, 0.717) is 6.54 Å². The Morgan fingerprint density at radius 1 is 1.33 bits per heavy atom. The van der Waals surface area contributed by atoms with Crippen molar-refractivity contribution in [1.82, 2.24) is 5.32 Å². The van der Waals surface area contributed by atoms with Crippen LogP contribution in [0.3, 0.4) is 0 Å². The van der Waals surface area contributed by atoms with Gasteiger partial charge in [-0.05, 0) is 30.8 Å². The Bertz CT molecular complexity index is 732. The van der Waals surface area contributed by atoms with Gasteiger partial charge in [-0.2, -0.15) is 0 Å². The molecule has 0 spiro atoms. The molecule has 114 valence electrons. The molecule has 0 saturated heterocycles. The van der Waals surface area contributed by atoms with Crippen LogP contribution in [0.4, 0.5) is 10.1 Å². The number of rotatable bonds is 6. The number of nitrogens with one attached hydrogen (secondary N) is 2. The number of hydrogen-bond acceptors (Lipinski definition) is 4. The molecule has 21 heavy (non-hydrogen) atoms. The van der Waals surface area contributed by atoms with Gasteiger partial charge < -0.3 is 5.32 Å². The zero-order valence-corrected chi connectivity index (χ0v) is 13.6. The maximum atomic E-state index is 13.6. The zero-order valence-electron chi connectivity index (χ0n) is 11.2. The predicted octanol–water partition coefficient (Wildman–Crippen LogP) is 3.45. The minimum atomic E-state index is -3.82. The number of benzene rings is 1. The quantitative estimate of drug-likeness (QED) is 0.840. The lowest BCUT2D eigenvalue weighted by Crippen LogP contribution is -2.13. The number of anilines is 1. The van der Waals surface area contributed by atoms with Gasteiger partial charge in [-0.3, -0.25) is 4.72 Å². The Morgan fingerprint density at radius 2 is 2.10 bits per heavy atom. The first-order valence-corrected chi connectivity index (χ1v) is 8.92. The van der Waals surface area contributed by atoms with E-state index in [0.717, 1.165) is 17.5 Å². The molecule has 2 N–H and O–H groups in total. The van der Waals surface area contributed by atoms with E-state index in [9.17, 15) is 12.8 Å². The molecular weight excluding hydrogens is 335 g/mol. The Hall–Kier alpha value is -1.15. The topological polar surface area (TPSA) is 58.2 Å². The second-order valence-corrected chi connectivity index (χ2v) is 7.37. The number of sulfonamides is 1. The minimum absolute atomic E-state index is 0.111. The first-order chi connectivity index (χ1) is 9.92. The summed E-state index contributed by atoms with van der Waals surface area (Å²) in [6, 6.07) is 5.27. The summed E-state index contributed by atoms with van der Waals surface area (Å²) >= 11 is 7.08. The van der Waals surface area contributed by atoms with E-state index in [4.69, 9.17) is 11.6 Å². The van der Waals surface area contributed by atoms with Gasteiger partial charge >= 0.3 is 0 Å². The molecule has 0 unspecified atom stereocenters. The van der Waals surface area contributed by atoms with Crippen molar-refractivity contribution in [3.05, 3.63) is 45.4 Å². The van der Waals surface area contributed by atoms with Crippen molar-refractivity contribution < 1.29 is 12.8 Å². The molecule has 8 heteroatoms. The molecule has 2 rings (SSSR count). The van der Waals surface area contributed by atoms with Crippen LogP contribution in [0, 0.1) is 5.82 Å². The Balaban J connectivity index is 2.22. The summed E-state index contributed by atoms with van der Waals surface area (Å²) in [6.07, 6.45) is 0. The third-order valence-corrected chi connectivity index (χ3v) is 5.33. The molecule has 1 heterocycles. The fourth-order valence-corrected chi connectivity index (χ4v) is 4.10. The van der Waals surface area contributed by atoms with Gasteiger partial charge in [-0.1, -0.05) is 18.5 Å². The van der Waals surface area contributed by atoms with E-state index < -0.39 is 15.8 Å². The SMILES string of the molecule is CCNCc1cc(S(=O)(=O)Nc2cc(Cl)ccc2F)cs1. The number of thiophene rings is 1. The van der Waals surface area contributed by atoms with E-state index in [2.05, 4.69) is 10.0 Å². The third kappa shape index (κ3) is 4.16. The Morgan fingerprint density at radius 3 is 2.81 bits per heavy atom. The average molecular weight is 349 g/mol. The van der Waals surface area contributed by atoms with Crippen LogP contribution in [0.5, 0.6) is 0 Å². The summed E-state index contributed by atoms with van der Waals surface area (Å²) < 4.78 is 40.2. The second kappa shape index (κ2) is 6.74. The Labute approximate surface area is 132 Å². The minimum Gasteiger partial charge on any atom is -0.312 e. The highest BCUT2D eigenvalue weighted by atomic mass is 35.5. The maximum Gasteiger partial charge on any atom is 0.262 e. The van der Waals surface area contributed by atoms with E-state index in [1.807, 2.05) is 6.92 Å². The molecule has 0 aliphatic heterocycles. The average Bonchev–Trinajstić information content (AvgIpc) is 2.90. The molecule has 0 fully saturated rings. The summed E-state index contributed by atoms with van der Waals surface area (Å²) in [5, 5.41) is 4.90. The molecular formula is C13H14ClFN2O2S2. The molecule has 2 aromatic rings. The van der Waals surface area contributed by atoms with E-state index in [-0.39, 0.29) is 15.6 Å². The maximum absolute atomic E-state index is 13.6. The van der Waals surface area contributed by atoms with Gasteiger partial charge in [-0.15, -0.1) is 11.3 Å². The number of hydrogen-bond donors (Lipinski definition) is 2. The summed E-state index contributed by atoms with van der Waals surface area (Å²) in [5.74, 6) is -0.675. The highest BCUT2D eigenvalue weighted by molar-refractivity contribution is 7.92. The van der Waals surface area contributed by atoms with E-state index in [1.165, 1.54) is 28.8 Å². The van der Waals surface area contributed by atoms with Crippen molar-refractivity contribution in [1.29, 1.82) is 0 Å². The zero-order chi connectivity index (χ0) is 15.5. The highest BCUT2D eigenvalue weighted by Gasteiger charge is 2.18. The van der Waals surface area contributed by atoms with Crippen molar-refractivity contribution in [3.8, 4) is 0 Å². The summed E-state index contributed by atoms with van der Waals surface area (Å²) in [4.78, 5) is 1.00. The third-order valence-electron chi connectivity index (χ3n) is 2.66. The van der Waals surface area contributed by atoms with Crippen LogP contribution in [0.15, 0.2) is 34.5 Å². The molecule has 0 saturated carbocycles. The molecule has 1 aromatic carbocycles.